The topological polar surface area (TPSA) is 78.5 Å². The van der Waals surface area contributed by atoms with Crippen LogP contribution in [0, 0.1) is 11.3 Å². The van der Waals surface area contributed by atoms with Crippen molar-refractivity contribution < 1.29 is 17.6 Å². The first-order valence-corrected chi connectivity index (χ1v) is 6.74. The molecular formula is C16H9F3N4O. The third-order valence-corrected chi connectivity index (χ3v) is 3.18. The van der Waals surface area contributed by atoms with Gasteiger partial charge in [-0.3, -0.25) is 5.10 Å². The van der Waals surface area contributed by atoms with Crippen LogP contribution in [0.4, 0.5) is 13.2 Å². The van der Waals surface area contributed by atoms with Crippen molar-refractivity contribution in [1.29, 1.82) is 5.26 Å². The lowest BCUT2D eigenvalue weighted by atomic mass is 10.1. The van der Waals surface area contributed by atoms with Crippen molar-refractivity contribution in [3.05, 3.63) is 59.0 Å². The maximum atomic E-state index is 12.7. The number of hydrogen-bond donors (Lipinski definition) is 1. The van der Waals surface area contributed by atoms with Gasteiger partial charge in [0.25, 0.3) is 0 Å². The Morgan fingerprint density at radius 1 is 1.17 bits per heavy atom. The minimum absolute atomic E-state index is 0.0951. The molecule has 2 aromatic heterocycles. The molecule has 5 nitrogen and oxygen atoms in total. The molecule has 0 amide bonds. The molecule has 3 rings (SSSR count). The van der Waals surface area contributed by atoms with E-state index in [4.69, 9.17) is 9.68 Å². The summed E-state index contributed by atoms with van der Waals surface area (Å²) in [5.74, 6) is 0.779. The fourth-order valence-electron chi connectivity index (χ4n) is 2.05. The van der Waals surface area contributed by atoms with Gasteiger partial charge in [-0.1, -0.05) is 23.4 Å². The Morgan fingerprint density at radius 3 is 2.75 bits per heavy atom. The summed E-state index contributed by atoms with van der Waals surface area (Å²) >= 11 is 0. The number of H-pyrrole nitrogens is 1. The summed E-state index contributed by atoms with van der Waals surface area (Å²) in [4.78, 5) is 0. The van der Waals surface area contributed by atoms with E-state index in [1.54, 1.807) is 18.2 Å². The molecule has 0 saturated heterocycles. The highest BCUT2D eigenvalue weighted by molar-refractivity contribution is 5.69. The first-order valence-electron chi connectivity index (χ1n) is 6.74. The quantitative estimate of drug-likeness (QED) is 0.783. The highest BCUT2D eigenvalue weighted by Gasteiger charge is 2.30. The zero-order valence-corrected chi connectivity index (χ0v) is 12.0. The molecule has 0 fully saturated rings. The van der Waals surface area contributed by atoms with Gasteiger partial charge in [-0.05, 0) is 35.9 Å². The molecule has 8 heteroatoms. The molecule has 0 aliphatic heterocycles. The zero-order valence-electron chi connectivity index (χ0n) is 12.0. The normalized spacial score (nSPS) is 11.8. The van der Waals surface area contributed by atoms with Crippen molar-refractivity contribution in [2.24, 2.45) is 0 Å². The molecule has 120 valence electrons. The van der Waals surface area contributed by atoms with Crippen LogP contribution in [-0.2, 0) is 6.18 Å². The number of hydrogen-bond acceptors (Lipinski definition) is 4. The standard InChI is InChI=1S/C16H9F3N4O/c17-16(18,19)11-3-1-2-10(8-11)4-5-12-6-7-14(24-12)15-13(9-20)21-23-22-15/h1-8H,(H,21,22,23)/b5-4+. The number of alkyl halides is 3. The molecule has 0 saturated carbocycles. The molecule has 2 heterocycles. The van der Waals surface area contributed by atoms with E-state index in [2.05, 4.69) is 15.4 Å². The van der Waals surface area contributed by atoms with Crippen molar-refractivity contribution >= 4 is 12.2 Å². The van der Waals surface area contributed by atoms with Crippen LogP contribution in [0.1, 0.15) is 22.6 Å². The van der Waals surface area contributed by atoms with Gasteiger partial charge in [0.2, 0.25) is 0 Å². The summed E-state index contributed by atoms with van der Waals surface area (Å²) in [7, 11) is 0. The van der Waals surface area contributed by atoms with E-state index in [1.807, 2.05) is 6.07 Å². The fraction of sp³-hybridized carbons (Fsp3) is 0.0625. The van der Waals surface area contributed by atoms with Crippen LogP contribution in [0.25, 0.3) is 23.6 Å². The van der Waals surface area contributed by atoms with Crippen molar-refractivity contribution in [1.82, 2.24) is 15.4 Å². The predicted octanol–water partition coefficient (Wildman–Crippen LogP) is 4.13. The number of aromatic nitrogens is 3. The molecule has 24 heavy (non-hydrogen) atoms. The number of rotatable bonds is 3. The Bertz CT molecular complexity index is 931. The Balaban J connectivity index is 1.83. The highest BCUT2D eigenvalue weighted by atomic mass is 19.4. The maximum absolute atomic E-state index is 12.7. The number of furan rings is 1. The molecule has 0 unspecified atom stereocenters. The largest absolute Gasteiger partial charge is 0.455 e. The molecule has 0 spiro atoms. The lowest BCUT2D eigenvalue weighted by Crippen LogP contribution is -2.04. The summed E-state index contributed by atoms with van der Waals surface area (Å²) in [5, 5.41) is 18.6. The van der Waals surface area contributed by atoms with Gasteiger partial charge in [0, 0.05) is 0 Å². The van der Waals surface area contributed by atoms with Crippen LogP contribution < -0.4 is 0 Å². The minimum atomic E-state index is -4.39. The smallest absolute Gasteiger partial charge is 0.416 e. The molecule has 1 N–H and O–H groups in total. The van der Waals surface area contributed by atoms with Gasteiger partial charge in [0.1, 0.15) is 17.5 Å². The second kappa shape index (κ2) is 6.04. The van der Waals surface area contributed by atoms with E-state index in [0.717, 1.165) is 12.1 Å². The first-order chi connectivity index (χ1) is 11.5. The van der Waals surface area contributed by atoms with Gasteiger partial charge in [-0.15, -0.1) is 5.10 Å². The van der Waals surface area contributed by atoms with E-state index >= 15 is 0 Å². The van der Waals surface area contributed by atoms with Crippen molar-refractivity contribution in [3.8, 4) is 17.5 Å². The molecule has 0 aliphatic rings. The molecule has 0 atom stereocenters. The van der Waals surface area contributed by atoms with Crippen LogP contribution in [0.2, 0.25) is 0 Å². The molecular weight excluding hydrogens is 321 g/mol. The molecule has 0 aliphatic carbocycles. The lowest BCUT2D eigenvalue weighted by Gasteiger charge is -2.06. The van der Waals surface area contributed by atoms with Crippen molar-refractivity contribution in [2.45, 2.75) is 6.18 Å². The number of aromatic amines is 1. The number of nitriles is 1. The molecule has 0 bridgehead atoms. The van der Waals surface area contributed by atoms with Gasteiger partial charge in [-0.2, -0.15) is 18.4 Å². The third-order valence-electron chi connectivity index (χ3n) is 3.18. The molecule has 3 aromatic rings. The molecule has 1 aromatic carbocycles. The van der Waals surface area contributed by atoms with E-state index in [1.165, 1.54) is 18.2 Å². The Labute approximate surface area is 134 Å². The number of nitrogens with zero attached hydrogens (tertiary/aromatic N) is 3. The Kier molecular flexibility index (Phi) is 3.92. The van der Waals surface area contributed by atoms with Gasteiger partial charge in [0.05, 0.1) is 5.56 Å². The first kappa shape index (κ1) is 15.6. The average molecular weight is 330 g/mol. The molecule has 0 radical (unpaired) electrons. The second-order valence-electron chi connectivity index (χ2n) is 4.81. The highest BCUT2D eigenvalue weighted by Crippen LogP contribution is 2.30. The number of halogens is 3. The van der Waals surface area contributed by atoms with Gasteiger partial charge >= 0.3 is 6.18 Å². The van der Waals surface area contributed by atoms with E-state index in [0.29, 0.717) is 22.8 Å². The minimum Gasteiger partial charge on any atom is -0.455 e. The maximum Gasteiger partial charge on any atom is 0.416 e. The number of nitrogens with one attached hydrogen (secondary N) is 1. The van der Waals surface area contributed by atoms with Crippen LogP contribution in [-0.4, -0.2) is 15.4 Å². The van der Waals surface area contributed by atoms with Crippen LogP contribution >= 0.6 is 0 Å². The monoisotopic (exact) mass is 330 g/mol. The third kappa shape index (κ3) is 3.20. The zero-order chi connectivity index (χ0) is 17.2. The van der Waals surface area contributed by atoms with Crippen LogP contribution in [0.5, 0.6) is 0 Å². The van der Waals surface area contributed by atoms with Gasteiger partial charge in [0.15, 0.2) is 11.5 Å². The van der Waals surface area contributed by atoms with E-state index in [9.17, 15) is 13.2 Å². The summed E-state index contributed by atoms with van der Waals surface area (Å²) < 4.78 is 43.6. The lowest BCUT2D eigenvalue weighted by molar-refractivity contribution is -0.137. The Morgan fingerprint density at radius 2 is 2.00 bits per heavy atom. The second-order valence-corrected chi connectivity index (χ2v) is 4.81. The summed E-state index contributed by atoms with van der Waals surface area (Å²) in [6.45, 7) is 0. The Hall–Kier alpha value is -3.34. The summed E-state index contributed by atoms with van der Waals surface area (Å²) in [5.41, 5.74) is 0.115. The van der Waals surface area contributed by atoms with E-state index < -0.39 is 11.7 Å². The SMILES string of the molecule is N#Cc1nn[nH]c1-c1ccc(/C=C/c2cccc(C(F)(F)F)c2)o1. The summed E-state index contributed by atoms with van der Waals surface area (Å²) in [6.07, 6.45) is -1.34. The van der Waals surface area contributed by atoms with Crippen LogP contribution in [0.3, 0.4) is 0 Å². The summed E-state index contributed by atoms with van der Waals surface area (Å²) in [6, 6.07) is 10.1. The predicted molar refractivity (Wildman–Crippen MR) is 79.2 cm³/mol. The number of benzene rings is 1. The van der Waals surface area contributed by atoms with Crippen molar-refractivity contribution in [2.75, 3.05) is 0 Å². The van der Waals surface area contributed by atoms with Crippen molar-refractivity contribution in [3.63, 3.8) is 0 Å². The van der Waals surface area contributed by atoms with Gasteiger partial charge < -0.3 is 4.42 Å². The van der Waals surface area contributed by atoms with E-state index in [-0.39, 0.29) is 5.69 Å². The average Bonchev–Trinajstić information content (AvgIpc) is 3.21. The van der Waals surface area contributed by atoms with Gasteiger partial charge in [-0.25, -0.2) is 0 Å². The fourth-order valence-corrected chi connectivity index (χ4v) is 2.05. The van der Waals surface area contributed by atoms with Crippen LogP contribution in [0.15, 0.2) is 40.8 Å².